The second-order valence-electron chi connectivity index (χ2n) is 3.08. The Hall–Kier alpha value is -1.57. The number of oxime groups is 1. The van der Waals surface area contributed by atoms with Crippen molar-refractivity contribution in [2.45, 2.75) is 19.8 Å². The molecule has 0 fully saturated rings. The Morgan fingerprint density at radius 2 is 2.07 bits per heavy atom. The molecule has 1 N–H and O–H groups in total. The minimum atomic E-state index is 0.719. The summed E-state index contributed by atoms with van der Waals surface area (Å²) in [5, 5.41) is 11.9. The van der Waals surface area contributed by atoms with E-state index >= 15 is 0 Å². The van der Waals surface area contributed by atoms with Crippen LogP contribution in [0.5, 0.6) is 0 Å². The molecular formula is C12H15NO. The molecule has 0 aliphatic carbocycles. The molecule has 1 rings (SSSR count). The van der Waals surface area contributed by atoms with Gasteiger partial charge in [-0.2, -0.15) is 0 Å². The first-order valence-electron chi connectivity index (χ1n) is 4.74. The van der Waals surface area contributed by atoms with Crippen LogP contribution >= 0.6 is 0 Å². The predicted molar refractivity (Wildman–Crippen MR) is 58.8 cm³/mol. The molecule has 0 saturated heterocycles. The lowest BCUT2D eigenvalue weighted by Gasteiger charge is -1.99. The van der Waals surface area contributed by atoms with E-state index in [9.17, 15) is 0 Å². The zero-order valence-electron chi connectivity index (χ0n) is 8.35. The number of nitrogens with zero attached hydrogens (tertiary/aromatic N) is 1. The largest absolute Gasteiger partial charge is 0.411 e. The maximum Gasteiger partial charge on any atom is 0.0795 e. The van der Waals surface area contributed by atoms with Crippen LogP contribution in [0, 0.1) is 0 Å². The van der Waals surface area contributed by atoms with Crippen molar-refractivity contribution in [2.24, 2.45) is 5.16 Å². The van der Waals surface area contributed by atoms with Gasteiger partial charge in [-0.1, -0.05) is 41.6 Å². The Labute approximate surface area is 84.6 Å². The summed E-state index contributed by atoms with van der Waals surface area (Å²) in [5.74, 6) is 0. The summed E-state index contributed by atoms with van der Waals surface area (Å²) in [6, 6.07) is 10.2. The summed E-state index contributed by atoms with van der Waals surface area (Å²) < 4.78 is 0. The number of aryl methyl sites for hydroxylation is 1. The normalized spacial score (nSPS) is 12.2. The average Bonchev–Trinajstić information content (AvgIpc) is 2.25. The van der Waals surface area contributed by atoms with Crippen LogP contribution < -0.4 is 0 Å². The van der Waals surface area contributed by atoms with Crippen molar-refractivity contribution in [1.29, 1.82) is 0 Å². The first-order valence-corrected chi connectivity index (χ1v) is 4.74. The molecule has 0 unspecified atom stereocenters. The van der Waals surface area contributed by atoms with Gasteiger partial charge in [0.25, 0.3) is 0 Å². The van der Waals surface area contributed by atoms with Gasteiger partial charge < -0.3 is 5.21 Å². The van der Waals surface area contributed by atoms with E-state index in [-0.39, 0.29) is 0 Å². The molecule has 2 heteroatoms. The molecule has 0 aliphatic rings. The second kappa shape index (κ2) is 5.97. The first-order chi connectivity index (χ1) is 6.86. The van der Waals surface area contributed by atoms with Crippen LogP contribution in [0.1, 0.15) is 18.9 Å². The van der Waals surface area contributed by atoms with Crippen molar-refractivity contribution >= 4 is 5.71 Å². The number of rotatable bonds is 4. The average molecular weight is 189 g/mol. The van der Waals surface area contributed by atoms with E-state index < -0.39 is 0 Å². The molecule has 0 heterocycles. The molecule has 14 heavy (non-hydrogen) atoms. The van der Waals surface area contributed by atoms with Gasteiger partial charge in [-0.3, -0.25) is 0 Å². The number of hydrogen-bond acceptors (Lipinski definition) is 2. The third kappa shape index (κ3) is 3.44. The number of allylic oxidation sites excluding steroid dienone is 2. The van der Waals surface area contributed by atoms with Gasteiger partial charge in [-0.05, 0) is 31.4 Å². The second-order valence-corrected chi connectivity index (χ2v) is 3.08. The lowest BCUT2D eigenvalue weighted by molar-refractivity contribution is 0.318. The molecule has 0 aromatic heterocycles. The van der Waals surface area contributed by atoms with Crippen molar-refractivity contribution in [1.82, 2.24) is 0 Å². The SMILES string of the molecule is C/C=C/C(CCc1ccccc1)=N/O. The minimum Gasteiger partial charge on any atom is -0.411 e. The summed E-state index contributed by atoms with van der Waals surface area (Å²) >= 11 is 0. The monoisotopic (exact) mass is 189 g/mol. The highest BCUT2D eigenvalue weighted by Crippen LogP contribution is 2.03. The topological polar surface area (TPSA) is 32.6 Å². The van der Waals surface area contributed by atoms with Gasteiger partial charge >= 0.3 is 0 Å². The Balaban J connectivity index is 2.48. The molecule has 0 atom stereocenters. The highest BCUT2D eigenvalue weighted by Gasteiger charge is 1.96. The summed E-state index contributed by atoms with van der Waals surface area (Å²) in [4.78, 5) is 0. The molecule has 74 valence electrons. The zero-order valence-corrected chi connectivity index (χ0v) is 8.35. The van der Waals surface area contributed by atoms with Crippen LogP contribution in [0.2, 0.25) is 0 Å². The van der Waals surface area contributed by atoms with E-state index in [0.717, 1.165) is 18.6 Å². The lowest BCUT2D eigenvalue weighted by Crippen LogP contribution is -1.96. The van der Waals surface area contributed by atoms with E-state index in [1.54, 1.807) is 0 Å². The Morgan fingerprint density at radius 3 is 2.64 bits per heavy atom. The van der Waals surface area contributed by atoms with Crippen LogP contribution in [-0.4, -0.2) is 10.9 Å². The summed E-state index contributed by atoms with van der Waals surface area (Å²) in [6.45, 7) is 1.91. The van der Waals surface area contributed by atoms with Crippen LogP contribution in [0.25, 0.3) is 0 Å². The molecular weight excluding hydrogens is 174 g/mol. The van der Waals surface area contributed by atoms with E-state index in [0.29, 0.717) is 0 Å². The fraction of sp³-hybridized carbons (Fsp3) is 0.250. The summed E-state index contributed by atoms with van der Waals surface area (Å²) in [7, 11) is 0. The van der Waals surface area contributed by atoms with Crippen LogP contribution in [0.3, 0.4) is 0 Å². The lowest BCUT2D eigenvalue weighted by atomic mass is 10.1. The van der Waals surface area contributed by atoms with Gasteiger partial charge in [0.15, 0.2) is 0 Å². The quantitative estimate of drug-likeness (QED) is 0.440. The van der Waals surface area contributed by atoms with E-state index in [4.69, 9.17) is 5.21 Å². The molecule has 2 nitrogen and oxygen atoms in total. The number of benzene rings is 1. The van der Waals surface area contributed by atoms with Crippen molar-refractivity contribution in [3.63, 3.8) is 0 Å². The van der Waals surface area contributed by atoms with Crippen molar-refractivity contribution < 1.29 is 5.21 Å². The van der Waals surface area contributed by atoms with Crippen molar-refractivity contribution in [3.8, 4) is 0 Å². The molecule has 1 aromatic rings. The predicted octanol–water partition coefficient (Wildman–Crippen LogP) is 3.03. The third-order valence-corrected chi connectivity index (χ3v) is 2.00. The van der Waals surface area contributed by atoms with Gasteiger partial charge in [-0.15, -0.1) is 0 Å². The van der Waals surface area contributed by atoms with E-state index in [1.807, 2.05) is 37.3 Å². The highest BCUT2D eigenvalue weighted by atomic mass is 16.4. The first kappa shape index (κ1) is 10.5. The van der Waals surface area contributed by atoms with Crippen molar-refractivity contribution in [2.75, 3.05) is 0 Å². The highest BCUT2D eigenvalue weighted by molar-refractivity contribution is 5.94. The van der Waals surface area contributed by atoms with Crippen LogP contribution in [0.15, 0.2) is 47.6 Å². The third-order valence-electron chi connectivity index (χ3n) is 2.00. The van der Waals surface area contributed by atoms with Crippen LogP contribution in [-0.2, 0) is 6.42 Å². The molecule has 1 aromatic carbocycles. The smallest absolute Gasteiger partial charge is 0.0795 e. The zero-order chi connectivity index (χ0) is 10.2. The maximum absolute atomic E-state index is 8.67. The molecule has 0 saturated carbocycles. The molecule has 0 amide bonds. The number of hydrogen-bond donors (Lipinski definition) is 1. The summed E-state index contributed by atoms with van der Waals surface area (Å²) in [6.07, 6.45) is 5.37. The van der Waals surface area contributed by atoms with Gasteiger partial charge in [0, 0.05) is 0 Å². The molecule has 0 spiro atoms. The fourth-order valence-electron chi connectivity index (χ4n) is 1.28. The van der Waals surface area contributed by atoms with Gasteiger partial charge in [-0.25, -0.2) is 0 Å². The fourth-order valence-corrected chi connectivity index (χ4v) is 1.28. The molecule has 0 bridgehead atoms. The van der Waals surface area contributed by atoms with Gasteiger partial charge in [0.2, 0.25) is 0 Å². The maximum atomic E-state index is 8.67. The van der Waals surface area contributed by atoms with Gasteiger partial charge in [0.1, 0.15) is 0 Å². The van der Waals surface area contributed by atoms with Gasteiger partial charge in [0.05, 0.1) is 5.71 Å². The summed E-state index contributed by atoms with van der Waals surface area (Å²) in [5.41, 5.74) is 1.98. The van der Waals surface area contributed by atoms with E-state index in [1.165, 1.54) is 5.56 Å². The molecule has 0 aliphatic heterocycles. The van der Waals surface area contributed by atoms with Crippen molar-refractivity contribution in [3.05, 3.63) is 48.0 Å². The standard InChI is InChI=1S/C12H15NO/c1-2-6-12(13-14)10-9-11-7-4-3-5-8-11/h2-8,14H,9-10H2,1H3/b6-2+,13-12-. The Bertz CT molecular complexity index is 314. The Morgan fingerprint density at radius 1 is 1.36 bits per heavy atom. The van der Waals surface area contributed by atoms with E-state index in [2.05, 4.69) is 17.3 Å². The minimum absolute atomic E-state index is 0.719. The van der Waals surface area contributed by atoms with Crippen LogP contribution in [0.4, 0.5) is 0 Å². The molecule has 0 radical (unpaired) electrons. The Kier molecular flexibility index (Phi) is 4.48.